The molecule has 3 rings (SSSR count). The van der Waals surface area contributed by atoms with Gasteiger partial charge in [0.15, 0.2) is 0 Å². The van der Waals surface area contributed by atoms with E-state index in [9.17, 15) is 19.7 Å². The Hall–Kier alpha value is -4.01. The van der Waals surface area contributed by atoms with Crippen LogP contribution >= 0.6 is 0 Å². The van der Waals surface area contributed by atoms with Gasteiger partial charge in [-0.15, -0.1) is 5.01 Å². The molecule has 29 heavy (non-hydrogen) atoms. The number of hydrogen-bond acceptors (Lipinski definition) is 6. The molecule has 1 fully saturated rings. The van der Waals surface area contributed by atoms with Gasteiger partial charge in [0.1, 0.15) is 11.3 Å². The van der Waals surface area contributed by atoms with Gasteiger partial charge in [0.05, 0.1) is 17.6 Å². The van der Waals surface area contributed by atoms with Crippen LogP contribution in [0.15, 0.2) is 59.7 Å². The zero-order chi connectivity index (χ0) is 21.0. The summed E-state index contributed by atoms with van der Waals surface area (Å²) in [5.74, 6) is 0.0900. The lowest BCUT2D eigenvalue weighted by Gasteiger charge is -2.21. The van der Waals surface area contributed by atoms with Crippen LogP contribution in [-0.4, -0.2) is 35.2 Å². The van der Waals surface area contributed by atoms with E-state index >= 15 is 0 Å². The van der Waals surface area contributed by atoms with Crippen molar-refractivity contribution in [2.24, 2.45) is 5.10 Å². The quantitative estimate of drug-likeness (QED) is 0.350. The Morgan fingerprint density at radius 3 is 2.52 bits per heavy atom. The highest BCUT2D eigenvalue weighted by atomic mass is 16.6. The van der Waals surface area contributed by atoms with Gasteiger partial charge in [0, 0.05) is 12.3 Å². The van der Waals surface area contributed by atoms with Crippen molar-refractivity contribution in [3.8, 4) is 5.75 Å². The molecule has 0 radical (unpaired) electrons. The molecule has 1 saturated heterocycles. The van der Waals surface area contributed by atoms with E-state index in [1.54, 1.807) is 49.4 Å². The van der Waals surface area contributed by atoms with Gasteiger partial charge in [0.2, 0.25) is 0 Å². The smallest absolute Gasteiger partial charge is 0.346 e. The molecule has 1 aliphatic rings. The second kappa shape index (κ2) is 7.93. The number of nitrogens with one attached hydrogen (secondary N) is 1. The van der Waals surface area contributed by atoms with Crippen LogP contribution in [0.5, 0.6) is 5.75 Å². The van der Waals surface area contributed by atoms with Gasteiger partial charge < -0.3 is 10.1 Å². The van der Waals surface area contributed by atoms with E-state index < -0.39 is 22.4 Å². The zero-order valence-electron chi connectivity index (χ0n) is 15.7. The molecule has 1 aliphatic heterocycles. The highest BCUT2D eigenvalue weighted by Crippen LogP contribution is 2.30. The SMILES string of the molecule is COc1ccc([C@]2(C)NC(=O)N(/N=C\C=C\c3ccccc3[N+](=O)[O-])C2=O)cc1. The number of hydrazone groups is 1. The molecular weight excluding hydrogens is 376 g/mol. The fourth-order valence-corrected chi connectivity index (χ4v) is 2.90. The standard InChI is InChI=1S/C20H18N4O5/c1-20(15-9-11-16(29-2)12-10-15)18(25)23(19(26)22-20)21-13-5-7-14-6-3-4-8-17(14)24(27)28/h3-13H,1-2H3,(H,22,26)/b7-5+,21-13-/t20-/m0/s1. The van der Waals surface area contributed by atoms with Gasteiger partial charge >= 0.3 is 6.03 Å². The summed E-state index contributed by atoms with van der Waals surface area (Å²) in [5, 5.41) is 18.3. The number of benzene rings is 2. The average molecular weight is 394 g/mol. The highest BCUT2D eigenvalue weighted by molar-refractivity contribution is 6.07. The number of methoxy groups -OCH3 is 1. The molecule has 148 valence electrons. The second-order valence-corrected chi connectivity index (χ2v) is 6.34. The lowest BCUT2D eigenvalue weighted by molar-refractivity contribution is -0.385. The second-order valence-electron chi connectivity index (χ2n) is 6.34. The fraction of sp³-hybridized carbons (Fsp3) is 0.150. The molecule has 3 amide bonds. The predicted molar refractivity (Wildman–Crippen MR) is 106 cm³/mol. The molecule has 2 aromatic carbocycles. The van der Waals surface area contributed by atoms with Crippen LogP contribution in [-0.2, 0) is 10.3 Å². The van der Waals surface area contributed by atoms with Crippen LogP contribution in [0, 0.1) is 10.1 Å². The minimum absolute atomic E-state index is 0.0563. The lowest BCUT2D eigenvalue weighted by atomic mass is 9.92. The Bertz CT molecular complexity index is 1020. The maximum absolute atomic E-state index is 12.8. The molecule has 0 unspecified atom stereocenters. The summed E-state index contributed by atoms with van der Waals surface area (Å²) < 4.78 is 5.10. The number of carbonyl (C=O) groups excluding carboxylic acids is 2. The summed E-state index contributed by atoms with van der Waals surface area (Å²) in [6, 6.07) is 12.3. The number of carbonyl (C=O) groups is 2. The molecule has 1 N–H and O–H groups in total. The molecule has 0 bridgehead atoms. The molecule has 0 aliphatic carbocycles. The minimum Gasteiger partial charge on any atom is -0.497 e. The van der Waals surface area contributed by atoms with E-state index in [0.29, 0.717) is 16.9 Å². The Balaban J connectivity index is 1.77. The van der Waals surface area contributed by atoms with Crippen molar-refractivity contribution < 1.29 is 19.2 Å². The van der Waals surface area contributed by atoms with Gasteiger partial charge in [-0.3, -0.25) is 14.9 Å². The predicted octanol–water partition coefficient (Wildman–Crippen LogP) is 3.07. The van der Waals surface area contributed by atoms with E-state index in [2.05, 4.69) is 10.4 Å². The average Bonchev–Trinajstić information content (AvgIpc) is 2.95. The number of para-hydroxylation sites is 1. The van der Waals surface area contributed by atoms with Gasteiger partial charge in [-0.05, 0) is 42.8 Å². The first-order chi connectivity index (χ1) is 13.9. The molecule has 1 atom stereocenters. The number of nitrogens with zero attached hydrogens (tertiary/aromatic N) is 3. The van der Waals surface area contributed by atoms with Crippen molar-refractivity contribution in [2.75, 3.05) is 7.11 Å². The van der Waals surface area contributed by atoms with E-state index in [-0.39, 0.29) is 5.69 Å². The van der Waals surface area contributed by atoms with Crippen molar-refractivity contribution in [1.29, 1.82) is 0 Å². The molecule has 0 spiro atoms. The van der Waals surface area contributed by atoms with Gasteiger partial charge in [0.25, 0.3) is 11.6 Å². The van der Waals surface area contributed by atoms with Gasteiger partial charge in [-0.25, -0.2) is 4.79 Å². The number of allylic oxidation sites excluding steroid dienone is 1. The molecular formula is C20H18N4O5. The monoisotopic (exact) mass is 394 g/mol. The summed E-state index contributed by atoms with van der Waals surface area (Å²) in [6.45, 7) is 1.59. The topological polar surface area (TPSA) is 114 Å². The van der Waals surface area contributed by atoms with Crippen molar-refractivity contribution in [3.63, 3.8) is 0 Å². The van der Waals surface area contributed by atoms with Crippen LogP contribution in [0.2, 0.25) is 0 Å². The van der Waals surface area contributed by atoms with Crippen LogP contribution < -0.4 is 10.1 Å². The van der Waals surface area contributed by atoms with E-state index in [1.165, 1.54) is 31.5 Å². The summed E-state index contributed by atoms with van der Waals surface area (Å²) in [5.41, 5.74) is -0.351. The third-order valence-electron chi connectivity index (χ3n) is 4.51. The first-order valence-electron chi connectivity index (χ1n) is 8.62. The minimum atomic E-state index is -1.26. The number of nitro benzene ring substituents is 1. The summed E-state index contributed by atoms with van der Waals surface area (Å²) >= 11 is 0. The highest BCUT2D eigenvalue weighted by Gasteiger charge is 2.49. The number of hydrogen-bond donors (Lipinski definition) is 1. The van der Waals surface area contributed by atoms with Crippen molar-refractivity contribution >= 4 is 29.9 Å². The molecule has 0 aromatic heterocycles. The number of nitro groups is 1. The molecule has 0 saturated carbocycles. The Labute approximate surface area is 166 Å². The van der Waals surface area contributed by atoms with Crippen LogP contribution in [0.1, 0.15) is 18.1 Å². The van der Waals surface area contributed by atoms with Crippen molar-refractivity contribution in [3.05, 3.63) is 75.8 Å². The summed E-state index contributed by atoms with van der Waals surface area (Å²) in [6.07, 6.45) is 4.13. The van der Waals surface area contributed by atoms with Crippen molar-refractivity contribution in [1.82, 2.24) is 10.3 Å². The fourth-order valence-electron chi connectivity index (χ4n) is 2.90. The first-order valence-corrected chi connectivity index (χ1v) is 8.62. The number of rotatable bonds is 6. The molecule has 2 aromatic rings. The van der Waals surface area contributed by atoms with Gasteiger partial charge in [-0.1, -0.05) is 24.3 Å². The van der Waals surface area contributed by atoms with Crippen LogP contribution in [0.3, 0.4) is 0 Å². The normalized spacial score (nSPS) is 19.2. The maximum Gasteiger partial charge on any atom is 0.346 e. The maximum atomic E-state index is 12.8. The molecule has 1 heterocycles. The lowest BCUT2D eigenvalue weighted by Crippen LogP contribution is -2.40. The first kappa shape index (κ1) is 19.7. The Morgan fingerprint density at radius 2 is 1.86 bits per heavy atom. The van der Waals surface area contributed by atoms with E-state index in [4.69, 9.17) is 4.74 Å². The van der Waals surface area contributed by atoms with Gasteiger partial charge in [-0.2, -0.15) is 5.10 Å². The number of urea groups is 1. The van der Waals surface area contributed by atoms with Crippen LogP contribution in [0.4, 0.5) is 10.5 Å². The number of amides is 3. The largest absolute Gasteiger partial charge is 0.497 e. The molecule has 9 nitrogen and oxygen atoms in total. The number of imide groups is 1. The third-order valence-corrected chi connectivity index (χ3v) is 4.51. The van der Waals surface area contributed by atoms with Crippen molar-refractivity contribution in [2.45, 2.75) is 12.5 Å². The zero-order valence-corrected chi connectivity index (χ0v) is 15.7. The Kier molecular flexibility index (Phi) is 5.40. The van der Waals surface area contributed by atoms with E-state index in [0.717, 1.165) is 5.01 Å². The van der Waals surface area contributed by atoms with E-state index in [1.807, 2.05) is 0 Å². The third kappa shape index (κ3) is 3.84. The molecule has 9 heteroatoms. The van der Waals surface area contributed by atoms with Crippen LogP contribution in [0.25, 0.3) is 6.08 Å². The summed E-state index contributed by atoms with van der Waals surface area (Å²) in [4.78, 5) is 35.6. The summed E-state index contributed by atoms with van der Waals surface area (Å²) in [7, 11) is 1.53. The Morgan fingerprint density at radius 1 is 1.17 bits per heavy atom. The number of ether oxygens (including phenoxy) is 1.